The van der Waals surface area contributed by atoms with E-state index in [2.05, 4.69) is 25.3 Å². The number of nitrogens with one attached hydrogen (secondary N) is 1. The van der Waals surface area contributed by atoms with Gasteiger partial charge in [-0.2, -0.15) is 4.68 Å². The van der Waals surface area contributed by atoms with Gasteiger partial charge >= 0.3 is 11.6 Å². The summed E-state index contributed by atoms with van der Waals surface area (Å²) in [5.74, 6) is 0.570. The molecule has 4 aromatic heterocycles. The first-order valence-corrected chi connectivity index (χ1v) is 10.7. The highest BCUT2D eigenvalue weighted by Crippen LogP contribution is 2.32. The molecule has 5 rings (SSSR count). The number of aromatic amines is 1. The van der Waals surface area contributed by atoms with Gasteiger partial charge in [-0.3, -0.25) is 10.7 Å². The quantitative estimate of drug-likeness (QED) is 0.430. The zero-order chi connectivity index (χ0) is 23.8. The molecule has 0 radical (unpaired) electrons. The summed E-state index contributed by atoms with van der Waals surface area (Å²) in [5, 5.41) is 12.8. The van der Waals surface area contributed by atoms with Gasteiger partial charge in [0.25, 0.3) is 0 Å². The van der Waals surface area contributed by atoms with Crippen molar-refractivity contribution >= 4 is 11.6 Å². The van der Waals surface area contributed by atoms with Crippen LogP contribution in [-0.2, 0) is 6.54 Å². The first-order valence-electron chi connectivity index (χ1n) is 10.7. The van der Waals surface area contributed by atoms with Crippen LogP contribution in [0.15, 0.2) is 59.4 Å². The van der Waals surface area contributed by atoms with E-state index in [4.69, 9.17) is 10.5 Å². The minimum atomic E-state index is -0.385. The number of ether oxygens (including phenoxy) is 1. The highest BCUT2D eigenvalue weighted by molar-refractivity contribution is 5.88. The lowest BCUT2D eigenvalue weighted by molar-refractivity contribution is -0.351. The van der Waals surface area contributed by atoms with Crippen molar-refractivity contribution < 1.29 is 9.72 Å². The number of nitrogens with zero attached hydrogens (tertiary/aromatic N) is 6. The highest BCUT2D eigenvalue weighted by atomic mass is 16.5. The van der Waals surface area contributed by atoms with E-state index in [9.17, 15) is 4.79 Å². The van der Waals surface area contributed by atoms with Crippen molar-refractivity contribution in [2.45, 2.75) is 20.4 Å². The Morgan fingerprint density at radius 3 is 2.38 bits per heavy atom. The van der Waals surface area contributed by atoms with Crippen LogP contribution in [0, 0.1) is 13.8 Å². The molecule has 5 aromatic rings. The Bertz CT molecular complexity index is 1540. The maximum absolute atomic E-state index is 13.3. The molecule has 170 valence electrons. The van der Waals surface area contributed by atoms with Crippen molar-refractivity contribution in [1.29, 1.82) is 0 Å². The fourth-order valence-electron chi connectivity index (χ4n) is 4.02. The smallest absolute Gasteiger partial charge is 0.411 e. The van der Waals surface area contributed by atoms with Crippen LogP contribution in [0.4, 0.5) is 5.95 Å². The van der Waals surface area contributed by atoms with E-state index in [1.807, 2.05) is 56.3 Å². The van der Waals surface area contributed by atoms with Crippen LogP contribution in [-0.4, -0.2) is 36.5 Å². The molecule has 34 heavy (non-hydrogen) atoms. The first kappa shape index (κ1) is 21.3. The SMILES string of the molecule is COc1ccc(Cn2nc3c(-c4cc(C)nc(C)c4)c(-c4ccccc4)[nH+]c(N)n3c2=O)nn1. The molecule has 0 bridgehead atoms. The summed E-state index contributed by atoms with van der Waals surface area (Å²) in [7, 11) is 1.52. The number of benzene rings is 1. The van der Waals surface area contributed by atoms with Crippen molar-refractivity contribution in [2.75, 3.05) is 12.8 Å². The number of H-pyrrole nitrogens is 1. The number of hydrogen-bond acceptors (Lipinski definition) is 7. The second-order valence-corrected chi connectivity index (χ2v) is 7.93. The predicted octanol–water partition coefficient (Wildman–Crippen LogP) is 2.09. The summed E-state index contributed by atoms with van der Waals surface area (Å²) in [6.45, 7) is 4.00. The van der Waals surface area contributed by atoms with Gasteiger partial charge in [-0.05, 0) is 37.6 Å². The first-order chi connectivity index (χ1) is 16.4. The molecule has 0 aliphatic carbocycles. The molecule has 0 atom stereocenters. The molecule has 10 nitrogen and oxygen atoms in total. The molecule has 0 saturated carbocycles. The lowest BCUT2D eigenvalue weighted by Gasteiger charge is -2.10. The van der Waals surface area contributed by atoms with Crippen molar-refractivity contribution in [1.82, 2.24) is 29.4 Å². The topological polar surface area (TPSA) is 127 Å². The normalized spacial score (nSPS) is 11.1. The summed E-state index contributed by atoms with van der Waals surface area (Å²) in [6.07, 6.45) is 0. The number of anilines is 1. The number of hydrogen-bond donors (Lipinski definition) is 1. The number of nitrogen functional groups attached to an aromatic ring is 1. The van der Waals surface area contributed by atoms with E-state index >= 15 is 0 Å². The molecule has 0 saturated heterocycles. The Kier molecular flexibility index (Phi) is 5.25. The third kappa shape index (κ3) is 3.75. The van der Waals surface area contributed by atoms with Crippen molar-refractivity contribution in [2.24, 2.45) is 0 Å². The van der Waals surface area contributed by atoms with Gasteiger partial charge < -0.3 is 4.74 Å². The Morgan fingerprint density at radius 1 is 1.00 bits per heavy atom. The van der Waals surface area contributed by atoms with Gasteiger partial charge in [-0.25, -0.2) is 9.78 Å². The molecular formula is C24H23N8O2+. The van der Waals surface area contributed by atoms with Gasteiger partial charge in [0, 0.05) is 23.0 Å². The van der Waals surface area contributed by atoms with Gasteiger partial charge in [-0.1, -0.05) is 30.3 Å². The van der Waals surface area contributed by atoms with Crippen LogP contribution in [0.3, 0.4) is 0 Å². The molecule has 0 aliphatic heterocycles. The number of aryl methyl sites for hydroxylation is 2. The summed E-state index contributed by atoms with van der Waals surface area (Å²) in [5.41, 5.74) is 12.0. The number of aromatic nitrogens is 7. The minimum absolute atomic E-state index is 0.130. The van der Waals surface area contributed by atoms with Gasteiger partial charge in [0.05, 0.1) is 24.9 Å². The summed E-state index contributed by atoms with van der Waals surface area (Å²) < 4.78 is 7.77. The van der Waals surface area contributed by atoms with Crippen molar-refractivity contribution in [3.8, 4) is 28.3 Å². The van der Waals surface area contributed by atoms with E-state index < -0.39 is 0 Å². The molecular weight excluding hydrogens is 432 g/mol. The summed E-state index contributed by atoms with van der Waals surface area (Å²) in [6, 6.07) is 17.2. The fraction of sp³-hybridized carbons (Fsp3) is 0.167. The fourth-order valence-corrected chi connectivity index (χ4v) is 4.02. The van der Waals surface area contributed by atoms with Crippen LogP contribution >= 0.6 is 0 Å². The highest BCUT2D eigenvalue weighted by Gasteiger charge is 2.26. The Labute approximate surface area is 194 Å². The average molecular weight is 456 g/mol. The van der Waals surface area contributed by atoms with Gasteiger partial charge in [0.1, 0.15) is 5.69 Å². The van der Waals surface area contributed by atoms with Crippen LogP contribution in [0.1, 0.15) is 17.1 Å². The average Bonchev–Trinajstić information content (AvgIpc) is 3.15. The number of pyridine rings is 1. The van der Waals surface area contributed by atoms with E-state index in [1.165, 1.54) is 16.2 Å². The second kappa shape index (κ2) is 8.39. The van der Waals surface area contributed by atoms with Crippen molar-refractivity contribution in [3.63, 3.8) is 0 Å². The van der Waals surface area contributed by atoms with Crippen molar-refractivity contribution in [3.05, 3.63) is 82.2 Å². The molecule has 0 spiro atoms. The maximum atomic E-state index is 13.3. The molecule has 0 unspecified atom stereocenters. The monoisotopic (exact) mass is 455 g/mol. The molecule has 4 heterocycles. The lowest BCUT2D eigenvalue weighted by Crippen LogP contribution is -2.28. The van der Waals surface area contributed by atoms with Crippen LogP contribution in [0.25, 0.3) is 28.0 Å². The van der Waals surface area contributed by atoms with E-state index in [0.29, 0.717) is 17.2 Å². The minimum Gasteiger partial charge on any atom is -0.480 e. The van der Waals surface area contributed by atoms with E-state index in [0.717, 1.165) is 33.8 Å². The van der Waals surface area contributed by atoms with Crippen LogP contribution in [0.5, 0.6) is 5.88 Å². The standard InChI is InChI=1S/C24H22N8O2/c1-14-11-17(12-15(2)26-14)20-21(16-7-5-4-6-8-16)27-23(25)32-22(20)30-31(24(32)33)13-18-9-10-19(34-3)29-28-18/h4-12H,13H2,1-3H3,(H2,25,27)/p+1. The van der Waals surface area contributed by atoms with Gasteiger partial charge in [0.2, 0.25) is 11.5 Å². The molecule has 10 heteroatoms. The Morgan fingerprint density at radius 2 is 1.74 bits per heavy atom. The molecule has 0 amide bonds. The van der Waals surface area contributed by atoms with E-state index in [-0.39, 0.29) is 18.2 Å². The number of rotatable bonds is 5. The molecule has 3 N–H and O–H groups in total. The molecule has 0 aliphatic rings. The zero-order valence-electron chi connectivity index (χ0n) is 19.0. The van der Waals surface area contributed by atoms with Crippen LogP contribution in [0.2, 0.25) is 0 Å². The zero-order valence-corrected chi connectivity index (χ0v) is 19.0. The van der Waals surface area contributed by atoms with E-state index in [1.54, 1.807) is 12.1 Å². The number of fused-ring (bicyclic) bond motifs is 1. The predicted molar refractivity (Wildman–Crippen MR) is 126 cm³/mol. The molecule has 1 aromatic carbocycles. The Hall–Kier alpha value is -4.60. The van der Waals surface area contributed by atoms with Gasteiger partial charge in [0.15, 0.2) is 0 Å². The number of methoxy groups -OCH3 is 1. The lowest BCUT2D eigenvalue weighted by atomic mass is 9.99. The summed E-state index contributed by atoms with van der Waals surface area (Å²) >= 11 is 0. The molecule has 0 fully saturated rings. The third-order valence-electron chi connectivity index (χ3n) is 5.46. The largest absolute Gasteiger partial charge is 0.480 e. The second-order valence-electron chi connectivity index (χ2n) is 7.93. The maximum Gasteiger partial charge on any atom is 0.411 e. The Balaban J connectivity index is 1.77. The van der Waals surface area contributed by atoms with Gasteiger partial charge in [-0.15, -0.1) is 19.7 Å². The third-order valence-corrected chi connectivity index (χ3v) is 5.46. The van der Waals surface area contributed by atoms with Crippen LogP contribution < -0.4 is 21.1 Å². The summed E-state index contributed by atoms with van der Waals surface area (Å²) in [4.78, 5) is 21.0. The number of nitrogens with two attached hydrogens (primary N) is 1.